The minimum Gasteiger partial charge on any atom is -0.494 e. The van der Waals surface area contributed by atoms with Crippen molar-refractivity contribution in [2.75, 3.05) is 7.11 Å². The van der Waals surface area contributed by atoms with Crippen molar-refractivity contribution in [3.8, 4) is 5.75 Å². The van der Waals surface area contributed by atoms with Crippen LogP contribution in [0.2, 0.25) is 0 Å². The summed E-state index contributed by atoms with van der Waals surface area (Å²) in [6.45, 7) is 0. The lowest BCUT2D eigenvalue weighted by Crippen LogP contribution is -2.41. The van der Waals surface area contributed by atoms with Crippen molar-refractivity contribution in [3.63, 3.8) is 0 Å². The topological polar surface area (TPSA) is 76.4 Å². The molecule has 0 spiro atoms. The van der Waals surface area contributed by atoms with Crippen molar-refractivity contribution in [2.24, 2.45) is 13.0 Å². The number of aryl methyl sites for hydroxylation is 2. The van der Waals surface area contributed by atoms with Crippen LogP contribution in [-0.4, -0.2) is 34.0 Å². The van der Waals surface area contributed by atoms with E-state index in [9.17, 15) is 14.3 Å². The Labute approximate surface area is 152 Å². The second-order valence-corrected chi connectivity index (χ2v) is 6.77. The number of rotatable bonds is 7. The molecule has 2 N–H and O–H groups in total. The summed E-state index contributed by atoms with van der Waals surface area (Å²) in [6, 6.07) is 6.28. The monoisotopic (exact) mass is 361 g/mol. The van der Waals surface area contributed by atoms with Crippen LogP contribution in [0.3, 0.4) is 0 Å². The SMILES string of the molecule is COc1ccc(C(NC(=O)CCc2ccnn2C)C2CC(O)C2)cc1F. The maximum Gasteiger partial charge on any atom is 0.220 e. The zero-order valence-corrected chi connectivity index (χ0v) is 15.0. The minimum absolute atomic E-state index is 0.0958. The molecule has 1 fully saturated rings. The van der Waals surface area contributed by atoms with Gasteiger partial charge in [-0.3, -0.25) is 9.48 Å². The minimum atomic E-state index is -0.459. The lowest BCUT2D eigenvalue weighted by atomic mass is 9.75. The first-order valence-corrected chi connectivity index (χ1v) is 8.75. The van der Waals surface area contributed by atoms with Crippen LogP contribution < -0.4 is 10.1 Å². The van der Waals surface area contributed by atoms with Crippen molar-refractivity contribution >= 4 is 5.91 Å². The number of aliphatic hydroxyl groups is 1. The average molecular weight is 361 g/mol. The summed E-state index contributed by atoms with van der Waals surface area (Å²) < 4.78 is 20.8. The first-order valence-electron chi connectivity index (χ1n) is 8.75. The fraction of sp³-hybridized carbons (Fsp3) is 0.474. The normalized spacial score (nSPS) is 20.3. The molecule has 1 saturated carbocycles. The van der Waals surface area contributed by atoms with Crippen LogP contribution in [-0.2, 0) is 18.3 Å². The summed E-state index contributed by atoms with van der Waals surface area (Å²) >= 11 is 0. The van der Waals surface area contributed by atoms with Gasteiger partial charge in [0.05, 0.1) is 19.3 Å². The second kappa shape index (κ2) is 7.86. The van der Waals surface area contributed by atoms with E-state index in [0.717, 1.165) is 5.69 Å². The maximum atomic E-state index is 14.1. The fourth-order valence-electron chi connectivity index (χ4n) is 3.39. The van der Waals surface area contributed by atoms with E-state index in [4.69, 9.17) is 4.74 Å². The molecule has 1 aromatic heterocycles. The Kier molecular flexibility index (Phi) is 5.56. The molecule has 0 aliphatic heterocycles. The van der Waals surface area contributed by atoms with Crippen LogP contribution in [0.15, 0.2) is 30.5 Å². The van der Waals surface area contributed by atoms with Gasteiger partial charge < -0.3 is 15.2 Å². The number of nitrogens with zero attached hydrogens (tertiary/aromatic N) is 2. The molecule has 3 rings (SSSR count). The Morgan fingerprint density at radius 3 is 2.81 bits per heavy atom. The van der Waals surface area contributed by atoms with Gasteiger partial charge in [-0.1, -0.05) is 6.07 Å². The molecule has 0 radical (unpaired) electrons. The molecule has 140 valence electrons. The van der Waals surface area contributed by atoms with Crippen molar-refractivity contribution < 1.29 is 19.0 Å². The van der Waals surface area contributed by atoms with Crippen molar-refractivity contribution in [1.82, 2.24) is 15.1 Å². The Morgan fingerprint density at radius 2 is 2.23 bits per heavy atom. The Hall–Kier alpha value is -2.41. The number of aliphatic hydroxyl groups excluding tert-OH is 1. The molecule has 1 aromatic carbocycles. The van der Waals surface area contributed by atoms with Crippen LogP contribution in [0.1, 0.15) is 36.6 Å². The molecule has 1 heterocycles. The third kappa shape index (κ3) is 4.04. The van der Waals surface area contributed by atoms with E-state index >= 15 is 0 Å². The highest BCUT2D eigenvalue weighted by Gasteiger charge is 2.36. The van der Waals surface area contributed by atoms with Gasteiger partial charge >= 0.3 is 0 Å². The number of hydrogen-bond donors (Lipinski definition) is 2. The molecule has 26 heavy (non-hydrogen) atoms. The first kappa shape index (κ1) is 18.4. The van der Waals surface area contributed by atoms with E-state index in [-0.39, 0.29) is 29.7 Å². The first-order chi connectivity index (χ1) is 12.5. The maximum absolute atomic E-state index is 14.1. The number of amides is 1. The van der Waals surface area contributed by atoms with E-state index < -0.39 is 5.82 Å². The summed E-state index contributed by atoms with van der Waals surface area (Å²) in [5.41, 5.74) is 1.67. The number of benzene rings is 1. The highest BCUT2D eigenvalue weighted by Crippen LogP contribution is 2.39. The standard InChI is InChI=1S/C19H24FN3O3/c1-23-14(7-8-21-23)4-6-18(25)22-19(13-9-15(24)10-13)12-3-5-17(26-2)16(20)11-12/h3,5,7-8,11,13,15,19,24H,4,6,9-10H2,1-2H3,(H,22,25). The molecule has 0 bridgehead atoms. The number of hydrogen-bond acceptors (Lipinski definition) is 4. The lowest BCUT2D eigenvalue weighted by molar-refractivity contribution is -0.123. The molecule has 7 heteroatoms. The van der Waals surface area contributed by atoms with Crippen molar-refractivity contribution in [1.29, 1.82) is 0 Å². The third-order valence-corrected chi connectivity index (χ3v) is 5.00. The van der Waals surface area contributed by atoms with E-state index in [2.05, 4.69) is 10.4 Å². The number of carbonyl (C=O) groups excluding carboxylic acids is 1. The summed E-state index contributed by atoms with van der Waals surface area (Å²) in [6.07, 6.45) is 3.45. The second-order valence-electron chi connectivity index (χ2n) is 6.77. The van der Waals surface area contributed by atoms with Gasteiger partial charge in [-0.2, -0.15) is 5.10 Å². The summed E-state index contributed by atoms with van der Waals surface area (Å²) in [7, 11) is 3.25. The molecule has 2 aromatic rings. The average Bonchev–Trinajstić information content (AvgIpc) is 3.00. The molecule has 1 aliphatic carbocycles. The van der Waals surface area contributed by atoms with Crippen LogP contribution in [0.5, 0.6) is 5.75 Å². The van der Waals surface area contributed by atoms with E-state index in [1.165, 1.54) is 13.2 Å². The summed E-state index contributed by atoms with van der Waals surface area (Å²) in [4.78, 5) is 12.4. The van der Waals surface area contributed by atoms with Gasteiger partial charge in [0.2, 0.25) is 5.91 Å². The van der Waals surface area contributed by atoms with E-state index in [1.54, 1.807) is 23.0 Å². The van der Waals surface area contributed by atoms with Crippen molar-refractivity contribution in [3.05, 3.63) is 47.5 Å². The van der Waals surface area contributed by atoms with Gasteiger partial charge in [0.25, 0.3) is 0 Å². The third-order valence-electron chi connectivity index (χ3n) is 5.00. The number of carbonyl (C=O) groups is 1. The largest absolute Gasteiger partial charge is 0.494 e. The number of nitrogens with one attached hydrogen (secondary N) is 1. The lowest BCUT2D eigenvalue weighted by Gasteiger charge is -2.38. The number of ether oxygens (including phenoxy) is 1. The number of methoxy groups -OCH3 is 1. The Morgan fingerprint density at radius 1 is 1.46 bits per heavy atom. The smallest absolute Gasteiger partial charge is 0.220 e. The molecule has 1 aliphatic rings. The molecular formula is C19H24FN3O3. The summed E-state index contributed by atoms with van der Waals surface area (Å²) in [5.74, 6) is -0.296. The zero-order chi connectivity index (χ0) is 18.7. The molecule has 1 unspecified atom stereocenters. The van der Waals surface area contributed by atoms with Crippen LogP contribution in [0.25, 0.3) is 0 Å². The quantitative estimate of drug-likeness (QED) is 0.792. The van der Waals surface area contributed by atoms with Crippen LogP contribution in [0.4, 0.5) is 4.39 Å². The highest BCUT2D eigenvalue weighted by molar-refractivity contribution is 5.76. The van der Waals surface area contributed by atoms with Gasteiger partial charge in [0, 0.05) is 25.4 Å². The van der Waals surface area contributed by atoms with Gasteiger partial charge in [-0.15, -0.1) is 0 Å². The zero-order valence-electron chi connectivity index (χ0n) is 15.0. The van der Waals surface area contributed by atoms with Gasteiger partial charge in [0.15, 0.2) is 11.6 Å². The van der Waals surface area contributed by atoms with Crippen LogP contribution in [0, 0.1) is 11.7 Å². The molecule has 1 atom stereocenters. The predicted octanol–water partition coefficient (Wildman–Crippen LogP) is 2.13. The fourth-order valence-corrected chi connectivity index (χ4v) is 3.39. The number of halogens is 1. The highest BCUT2D eigenvalue weighted by atomic mass is 19.1. The van der Waals surface area contributed by atoms with E-state index in [0.29, 0.717) is 31.2 Å². The van der Waals surface area contributed by atoms with Gasteiger partial charge in [0.1, 0.15) is 0 Å². The molecule has 0 saturated heterocycles. The van der Waals surface area contributed by atoms with Crippen LogP contribution >= 0.6 is 0 Å². The molecule has 6 nitrogen and oxygen atoms in total. The predicted molar refractivity (Wildman–Crippen MR) is 94.1 cm³/mol. The Balaban J connectivity index is 1.69. The molecule has 1 amide bonds. The number of aromatic nitrogens is 2. The van der Waals surface area contributed by atoms with E-state index in [1.807, 2.05) is 13.1 Å². The summed E-state index contributed by atoms with van der Waals surface area (Å²) in [5, 5.41) is 16.7. The van der Waals surface area contributed by atoms with Gasteiger partial charge in [-0.05, 0) is 48.9 Å². The van der Waals surface area contributed by atoms with Gasteiger partial charge in [-0.25, -0.2) is 4.39 Å². The Bertz CT molecular complexity index is 771. The molecular weight excluding hydrogens is 337 g/mol. The van der Waals surface area contributed by atoms with Crippen molar-refractivity contribution in [2.45, 2.75) is 37.8 Å².